The van der Waals surface area contributed by atoms with Gasteiger partial charge in [-0.1, -0.05) is 17.7 Å². The van der Waals surface area contributed by atoms with E-state index in [2.05, 4.69) is 15.7 Å². The number of hydrogen-bond donors (Lipinski definition) is 2. The van der Waals surface area contributed by atoms with Gasteiger partial charge in [0.2, 0.25) is 0 Å². The number of carbonyl (C=O) groups is 3. The van der Waals surface area contributed by atoms with E-state index in [1.165, 1.54) is 11.3 Å². The summed E-state index contributed by atoms with van der Waals surface area (Å²) in [4.78, 5) is 36.0. The van der Waals surface area contributed by atoms with E-state index in [1.807, 2.05) is 50.4 Å². The maximum atomic E-state index is 12.3. The van der Waals surface area contributed by atoms with Crippen molar-refractivity contribution >= 4 is 34.8 Å². The van der Waals surface area contributed by atoms with Gasteiger partial charge in [-0.2, -0.15) is 16.4 Å². The van der Waals surface area contributed by atoms with Gasteiger partial charge in [-0.25, -0.2) is 4.68 Å². The van der Waals surface area contributed by atoms with Crippen molar-refractivity contribution in [3.8, 4) is 5.69 Å². The second kappa shape index (κ2) is 10.7. The molecule has 9 heteroatoms. The Morgan fingerprint density at radius 3 is 2.53 bits per heavy atom. The minimum atomic E-state index is -0.492. The summed E-state index contributed by atoms with van der Waals surface area (Å²) in [6.45, 7) is 5.66. The molecule has 2 N–H and O–H groups in total. The van der Waals surface area contributed by atoms with Crippen LogP contribution in [0, 0.1) is 20.8 Å². The first-order valence-corrected chi connectivity index (χ1v) is 11.2. The first kappa shape index (κ1) is 23.2. The predicted molar refractivity (Wildman–Crippen MR) is 123 cm³/mol. The molecule has 3 rings (SSSR count). The lowest BCUT2D eigenvalue weighted by Crippen LogP contribution is -2.25. The van der Waals surface area contributed by atoms with Gasteiger partial charge in [-0.3, -0.25) is 14.4 Å². The number of ether oxygens (including phenoxy) is 1. The van der Waals surface area contributed by atoms with Crippen molar-refractivity contribution in [2.24, 2.45) is 0 Å². The quantitative estimate of drug-likeness (QED) is 0.380. The molecule has 0 saturated carbocycles. The molecule has 0 aliphatic carbocycles. The number of benzene rings is 1. The zero-order chi connectivity index (χ0) is 23.1. The van der Waals surface area contributed by atoms with E-state index in [-0.39, 0.29) is 18.9 Å². The average molecular weight is 455 g/mol. The van der Waals surface area contributed by atoms with Crippen LogP contribution in [0.4, 0.5) is 5.69 Å². The van der Waals surface area contributed by atoms with Crippen LogP contribution < -0.4 is 10.6 Å². The Morgan fingerprint density at radius 2 is 1.84 bits per heavy atom. The van der Waals surface area contributed by atoms with Crippen molar-refractivity contribution in [2.45, 2.75) is 33.6 Å². The highest BCUT2D eigenvalue weighted by atomic mass is 32.1. The third kappa shape index (κ3) is 6.04. The number of amides is 2. The number of rotatable bonds is 9. The fourth-order valence-corrected chi connectivity index (χ4v) is 3.72. The Kier molecular flexibility index (Phi) is 7.77. The van der Waals surface area contributed by atoms with Gasteiger partial charge in [0.25, 0.3) is 11.8 Å². The van der Waals surface area contributed by atoms with Crippen LogP contribution in [0.5, 0.6) is 0 Å². The summed E-state index contributed by atoms with van der Waals surface area (Å²) in [6, 6.07) is 9.66. The predicted octanol–water partition coefficient (Wildman–Crippen LogP) is 3.55. The van der Waals surface area contributed by atoms with Crippen molar-refractivity contribution in [3.05, 3.63) is 63.6 Å². The number of thiophene rings is 1. The van der Waals surface area contributed by atoms with E-state index in [1.54, 1.807) is 16.1 Å². The van der Waals surface area contributed by atoms with E-state index >= 15 is 0 Å². The molecule has 2 amide bonds. The summed E-state index contributed by atoms with van der Waals surface area (Å²) in [5, 5.41) is 13.6. The molecule has 0 fully saturated rings. The zero-order valence-electron chi connectivity index (χ0n) is 18.3. The SMILES string of the molecule is Cc1ccc(-n2nc(C)c(NC(=O)COC(=O)CCCNC(=O)c3ccsc3)c2C)cc1. The van der Waals surface area contributed by atoms with E-state index in [0.717, 1.165) is 16.9 Å². The molecule has 2 aromatic heterocycles. The van der Waals surface area contributed by atoms with Crippen LogP contribution in [0.15, 0.2) is 41.1 Å². The first-order valence-electron chi connectivity index (χ1n) is 10.2. The number of carbonyl (C=O) groups excluding carboxylic acids is 3. The molecule has 0 atom stereocenters. The van der Waals surface area contributed by atoms with Crippen molar-refractivity contribution in [1.82, 2.24) is 15.1 Å². The Hall–Kier alpha value is -3.46. The average Bonchev–Trinajstić information content (AvgIpc) is 3.40. The minimum absolute atomic E-state index is 0.112. The molecule has 0 unspecified atom stereocenters. The molecule has 0 aliphatic rings. The lowest BCUT2D eigenvalue weighted by atomic mass is 10.2. The minimum Gasteiger partial charge on any atom is -0.456 e. The van der Waals surface area contributed by atoms with Crippen LogP contribution >= 0.6 is 11.3 Å². The van der Waals surface area contributed by atoms with Crippen molar-refractivity contribution in [1.29, 1.82) is 0 Å². The van der Waals surface area contributed by atoms with Gasteiger partial charge >= 0.3 is 5.97 Å². The second-order valence-corrected chi connectivity index (χ2v) is 8.15. The summed E-state index contributed by atoms with van der Waals surface area (Å²) in [7, 11) is 0. The fourth-order valence-electron chi connectivity index (χ4n) is 3.09. The number of nitrogens with zero attached hydrogens (tertiary/aromatic N) is 2. The van der Waals surface area contributed by atoms with Crippen LogP contribution in [-0.4, -0.2) is 40.7 Å². The molecule has 1 aromatic carbocycles. The highest BCUT2D eigenvalue weighted by Gasteiger charge is 2.16. The van der Waals surface area contributed by atoms with Crippen LogP contribution in [0.1, 0.15) is 40.2 Å². The molecule has 168 valence electrons. The highest BCUT2D eigenvalue weighted by Crippen LogP contribution is 2.23. The summed E-state index contributed by atoms with van der Waals surface area (Å²) < 4.78 is 6.82. The number of aromatic nitrogens is 2. The molecule has 0 aliphatic heterocycles. The summed E-state index contributed by atoms with van der Waals surface area (Å²) in [5.41, 5.74) is 4.70. The second-order valence-electron chi connectivity index (χ2n) is 7.37. The number of anilines is 1. The molecule has 8 nitrogen and oxygen atoms in total. The number of aryl methyl sites for hydroxylation is 2. The lowest BCUT2D eigenvalue weighted by Gasteiger charge is -2.08. The molecule has 3 aromatic rings. The Bertz CT molecular complexity index is 1090. The Labute approximate surface area is 190 Å². The Morgan fingerprint density at radius 1 is 1.09 bits per heavy atom. The van der Waals surface area contributed by atoms with Gasteiger partial charge in [-0.05, 0) is 50.8 Å². The summed E-state index contributed by atoms with van der Waals surface area (Å²) >= 11 is 1.45. The largest absolute Gasteiger partial charge is 0.456 e. The van der Waals surface area contributed by atoms with Crippen LogP contribution in [0.2, 0.25) is 0 Å². The van der Waals surface area contributed by atoms with Crippen LogP contribution in [0.25, 0.3) is 5.69 Å². The highest BCUT2D eigenvalue weighted by molar-refractivity contribution is 7.08. The number of nitrogens with one attached hydrogen (secondary N) is 2. The van der Waals surface area contributed by atoms with Gasteiger partial charge in [0.1, 0.15) is 0 Å². The normalized spacial score (nSPS) is 10.6. The fraction of sp³-hybridized carbons (Fsp3) is 0.304. The van der Waals surface area contributed by atoms with Gasteiger partial charge < -0.3 is 15.4 Å². The van der Waals surface area contributed by atoms with Crippen LogP contribution in [-0.2, 0) is 14.3 Å². The molecule has 0 bridgehead atoms. The van der Waals surface area contributed by atoms with Crippen molar-refractivity contribution in [3.63, 3.8) is 0 Å². The van der Waals surface area contributed by atoms with E-state index in [0.29, 0.717) is 29.9 Å². The van der Waals surface area contributed by atoms with E-state index in [4.69, 9.17) is 4.74 Å². The number of esters is 1. The number of hydrogen-bond acceptors (Lipinski definition) is 6. The van der Waals surface area contributed by atoms with Crippen LogP contribution in [0.3, 0.4) is 0 Å². The zero-order valence-corrected chi connectivity index (χ0v) is 19.1. The molecular weight excluding hydrogens is 428 g/mol. The van der Waals surface area contributed by atoms with Crippen molar-refractivity contribution < 1.29 is 19.1 Å². The third-order valence-corrected chi connectivity index (χ3v) is 5.51. The third-order valence-electron chi connectivity index (χ3n) is 4.83. The maximum Gasteiger partial charge on any atom is 0.306 e. The lowest BCUT2D eigenvalue weighted by molar-refractivity contribution is -0.147. The van der Waals surface area contributed by atoms with Crippen molar-refractivity contribution in [2.75, 3.05) is 18.5 Å². The standard InChI is InChI=1S/C23H26N4O4S/c1-15-6-8-19(9-7-15)27-17(3)22(16(2)26-27)25-20(28)13-31-21(29)5-4-11-24-23(30)18-10-12-32-14-18/h6-10,12,14H,4-5,11,13H2,1-3H3,(H,24,30)(H,25,28). The first-order chi connectivity index (χ1) is 15.3. The van der Waals surface area contributed by atoms with E-state index in [9.17, 15) is 14.4 Å². The molecule has 0 spiro atoms. The van der Waals surface area contributed by atoms with E-state index < -0.39 is 11.9 Å². The summed E-state index contributed by atoms with van der Waals surface area (Å²) in [6.07, 6.45) is 0.540. The molecular formula is C23H26N4O4S. The van der Waals surface area contributed by atoms with Gasteiger partial charge in [0, 0.05) is 23.9 Å². The van der Waals surface area contributed by atoms with Gasteiger partial charge in [-0.15, -0.1) is 0 Å². The summed E-state index contributed by atoms with van der Waals surface area (Å²) in [5.74, 6) is -1.09. The molecule has 2 heterocycles. The molecule has 0 radical (unpaired) electrons. The Balaban J connectivity index is 1.43. The van der Waals surface area contributed by atoms with Gasteiger partial charge in [0.05, 0.1) is 22.8 Å². The monoisotopic (exact) mass is 454 g/mol. The van der Waals surface area contributed by atoms with Gasteiger partial charge in [0.15, 0.2) is 6.61 Å². The smallest absolute Gasteiger partial charge is 0.306 e. The topological polar surface area (TPSA) is 102 Å². The molecule has 0 saturated heterocycles. The maximum absolute atomic E-state index is 12.3. The molecule has 32 heavy (non-hydrogen) atoms.